The van der Waals surface area contributed by atoms with Crippen LogP contribution in [0.25, 0.3) is 0 Å². The Morgan fingerprint density at radius 2 is 1.89 bits per heavy atom. The number of halogens is 2. The van der Waals surface area contributed by atoms with Crippen LogP contribution in [-0.4, -0.2) is 20.0 Å². The molecule has 0 saturated heterocycles. The van der Waals surface area contributed by atoms with Crippen LogP contribution in [0.3, 0.4) is 0 Å². The van der Waals surface area contributed by atoms with E-state index >= 15 is 0 Å². The standard InChI is InChI=1S/C12H8Br2O3S2/c13-8-2-1-3-9(6-8)19(16,17)7-10(15)11-4-5-12(14)18-11/h1-6H,7H2. The van der Waals surface area contributed by atoms with Gasteiger partial charge in [0.2, 0.25) is 0 Å². The lowest BCUT2D eigenvalue weighted by Crippen LogP contribution is -2.15. The summed E-state index contributed by atoms with van der Waals surface area (Å²) >= 11 is 7.69. The first-order valence-corrected chi connectivity index (χ1v) is 9.21. The zero-order valence-corrected chi connectivity index (χ0v) is 14.3. The van der Waals surface area contributed by atoms with Crippen molar-refractivity contribution in [3.05, 3.63) is 49.5 Å². The molecule has 0 spiro atoms. The molecule has 100 valence electrons. The van der Waals surface area contributed by atoms with E-state index in [4.69, 9.17) is 0 Å². The van der Waals surface area contributed by atoms with E-state index in [2.05, 4.69) is 31.9 Å². The molecule has 0 fully saturated rings. The summed E-state index contributed by atoms with van der Waals surface area (Å²) in [7, 11) is -3.61. The Morgan fingerprint density at radius 1 is 1.16 bits per heavy atom. The molecule has 19 heavy (non-hydrogen) atoms. The third-order valence-corrected chi connectivity index (χ3v) is 6.10. The molecule has 1 aromatic carbocycles. The Hall–Kier alpha value is -0.500. The lowest BCUT2D eigenvalue weighted by Gasteiger charge is -2.03. The Morgan fingerprint density at radius 3 is 2.47 bits per heavy atom. The topological polar surface area (TPSA) is 51.2 Å². The smallest absolute Gasteiger partial charge is 0.188 e. The fourth-order valence-corrected chi connectivity index (χ4v) is 4.68. The van der Waals surface area contributed by atoms with Crippen molar-refractivity contribution in [3.8, 4) is 0 Å². The SMILES string of the molecule is O=C(CS(=O)(=O)c1cccc(Br)c1)c1ccc(Br)s1. The van der Waals surface area contributed by atoms with Crippen molar-refractivity contribution in [2.45, 2.75) is 4.90 Å². The molecule has 0 bridgehead atoms. The van der Waals surface area contributed by atoms with Crippen LogP contribution >= 0.6 is 43.2 Å². The second kappa shape index (κ2) is 5.87. The largest absolute Gasteiger partial charge is 0.292 e. The number of carbonyl (C=O) groups is 1. The van der Waals surface area contributed by atoms with Crippen molar-refractivity contribution >= 4 is 58.8 Å². The Balaban J connectivity index is 2.25. The van der Waals surface area contributed by atoms with Gasteiger partial charge in [-0.05, 0) is 46.3 Å². The number of Topliss-reactive ketones (excluding diaryl/α,β-unsaturated/α-hetero) is 1. The molecule has 0 amide bonds. The highest BCUT2D eigenvalue weighted by atomic mass is 79.9. The predicted octanol–water partition coefficient (Wildman–Crippen LogP) is 3.93. The first kappa shape index (κ1) is 14.9. The van der Waals surface area contributed by atoms with Gasteiger partial charge in [-0.15, -0.1) is 11.3 Å². The fourth-order valence-electron chi connectivity index (χ4n) is 1.45. The lowest BCUT2D eigenvalue weighted by atomic mass is 10.3. The summed E-state index contributed by atoms with van der Waals surface area (Å²) in [5, 5.41) is 0. The first-order valence-electron chi connectivity index (χ1n) is 5.15. The summed E-state index contributed by atoms with van der Waals surface area (Å²) in [6.07, 6.45) is 0. The number of ketones is 1. The minimum atomic E-state index is -3.61. The zero-order chi connectivity index (χ0) is 14.0. The molecule has 2 rings (SSSR count). The van der Waals surface area contributed by atoms with Gasteiger partial charge in [0.05, 0.1) is 13.6 Å². The predicted molar refractivity (Wildman–Crippen MR) is 82.5 cm³/mol. The Bertz CT molecular complexity index is 720. The van der Waals surface area contributed by atoms with Crippen LogP contribution in [0, 0.1) is 0 Å². The third-order valence-electron chi connectivity index (χ3n) is 2.32. The number of sulfone groups is 1. The van der Waals surface area contributed by atoms with Gasteiger partial charge in [0.25, 0.3) is 0 Å². The number of thiophene rings is 1. The number of rotatable bonds is 4. The van der Waals surface area contributed by atoms with Gasteiger partial charge in [-0.2, -0.15) is 0 Å². The van der Waals surface area contributed by atoms with Crippen molar-refractivity contribution in [2.24, 2.45) is 0 Å². The normalized spacial score (nSPS) is 11.5. The minimum Gasteiger partial charge on any atom is -0.292 e. The third kappa shape index (κ3) is 3.75. The molecule has 7 heteroatoms. The van der Waals surface area contributed by atoms with Gasteiger partial charge in [0.15, 0.2) is 15.6 Å². The van der Waals surface area contributed by atoms with Gasteiger partial charge in [-0.1, -0.05) is 22.0 Å². The molecule has 1 aromatic heterocycles. The van der Waals surface area contributed by atoms with E-state index in [1.54, 1.807) is 24.3 Å². The number of carbonyl (C=O) groups excluding carboxylic acids is 1. The highest BCUT2D eigenvalue weighted by Gasteiger charge is 2.21. The molecule has 0 unspecified atom stereocenters. The van der Waals surface area contributed by atoms with Gasteiger partial charge in [-0.3, -0.25) is 4.79 Å². The minimum absolute atomic E-state index is 0.144. The van der Waals surface area contributed by atoms with Gasteiger partial charge < -0.3 is 0 Å². The van der Waals surface area contributed by atoms with E-state index in [1.807, 2.05) is 0 Å². The molecule has 3 nitrogen and oxygen atoms in total. The van der Waals surface area contributed by atoms with E-state index in [1.165, 1.54) is 23.5 Å². The van der Waals surface area contributed by atoms with Crippen molar-refractivity contribution in [1.29, 1.82) is 0 Å². The molecule has 1 heterocycles. The molecule has 0 aliphatic carbocycles. The van der Waals surface area contributed by atoms with Gasteiger partial charge in [-0.25, -0.2) is 8.42 Å². The van der Waals surface area contributed by atoms with Crippen molar-refractivity contribution in [3.63, 3.8) is 0 Å². The van der Waals surface area contributed by atoms with Crippen LogP contribution in [0.1, 0.15) is 9.67 Å². The molecule has 2 aromatic rings. The highest BCUT2D eigenvalue weighted by molar-refractivity contribution is 9.11. The molecule has 0 radical (unpaired) electrons. The van der Waals surface area contributed by atoms with Crippen LogP contribution in [0.5, 0.6) is 0 Å². The molecule has 0 N–H and O–H groups in total. The summed E-state index contributed by atoms with van der Waals surface area (Å²) < 4.78 is 25.7. The highest BCUT2D eigenvalue weighted by Crippen LogP contribution is 2.24. The van der Waals surface area contributed by atoms with Crippen LogP contribution in [-0.2, 0) is 9.84 Å². The summed E-state index contributed by atoms with van der Waals surface area (Å²) in [6, 6.07) is 9.68. The van der Waals surface area contributed by atoms with Gasteiger partial charge in [0.1, 0.15) is 5.75 Å². The fraction of sp³-hybridized carbons (Fsp3) is 0.0833. The Labute approximate surface area is 131 Å². The van der Waals surface area contributed by atoms with E-state index < -0.39 is 21.4 Å². The summed E-state index contributed by atoms with van der Waals surface area (Å²) in [5.41, 5.74) is 0. The van der Waals surface area contributed by atoms with E-state index in [9.17, 15) is 13.2 Å². The zero-order valence-electron chi connectivity index (χ0n) is 9.47. The van der Waals surface area contributed by atoms with Crippen molar-refractivity contribution in [1.82, 2.24) is 0 Å². The second-order valence-electron chi connectivity index (χ2n) is 3.74. The molecular weight excluding hydrogens is 416 g/mol. The maximum atomic E-state index is 12.1. The van der Waals surface area contributed by atoms with Crippen LogP contribution in [0.2, 0.25) is 0 Å². The molecular formula is C12H8Br2O3S2. The average molecular weight is 424 g/mol. The van der Waals surface area contributed by atoms with E-state index in [0.717, 1.165) is 3.79 Å². The molecule has 0 atom stereocenters. The molecule has 0 aliphatic rings. The molecule has 0 aliphatic heterocycles. The van der Waals surface area contributed by atoms with E-state index in [0.29, 0.717) is 9.35 Å². The second-order valence-corrected chi connectivity index (χ2v) is 9.11. The molecule has 0 saturated carbocycles. The summed E-state index contributed by atoms with van der Waals surface area (Å²) in [4.78, 5) is 12.5. The summed E-state index contributed by atoms with van der Waals surface area (Å²) in [6.45, 7) is 0. The van der Waals surface area contributed by atoms with E-state index in [-0.39, 0.29) is 4.90 Å². The van der Waals surface area contributed by atoms with Crippen LogP contribution in [0.15, 0.2) is 49.6 Å². The van der Waals surface area contributed by atoms with Crippen LogP contribution in [0.4, 0.5) is 0 Å². The van der Waals surface area contributed by atoms with Gasteiger partial charge in [0, 0.05) is 4.47 Å². The van der Waals surface area contributed by atoms with Crippen molar-refractivity contribution < 1.29 is 13.2 Å². The quantitative estimate of drug-likeness (QED) is 0.700. The first-order chi connectivity index (χ1) is 8.88. The number of hydrogen-bond acceptors (Lipinski definition) is 4. The maximum Gasteiger partial charge on any atom is 0.188 e. The lowest BCUT2D eigenvalue weighted by molar-refractivity contribution is 0.102. The van der Waals surface area contributed by atoms with Crippen LogP contribution < -0.4 is 0 Å². The average Bonchev–Trinajstić information content (AvgIpc) is 2.75. The number of benzene rings is 1. The Kier molecular flexibility index (Phi) is 4.60. The van der Waals surface area contributed by atoms with Crippen molar-refractivity contribution in [2.75, 3.05) is 5.75 Å². The maximum absolute atomic E-state index is 12.1. The monoisotopic (exact) mass is 422 g/mol. The number of hydrogen-bond donors (Lipinski definition) is 0. The summed E-state index contributed by atoms with van der Waals surface area (Å²) in [5.74, 6) is -0.910. The van der Waals surface area contributed by atoms with Gasteiger partial charge >= 0.3 is 0 Å².